The average molecular weight is 256 g/mol. The van der Waals surface area contributed by atoms with Crippen molar-refractivity contribution in [2.75, 3.05) is 18.2 Å². The summed E-state index contributed by atoms with van der Waals surface area (Å²) in [7, 11) is 1.70. The quantitative estimate of drug-likeness (QED) is 0.823. The molecule has 0 heterocycles. The molecule has 2 rings (SSSR count). The summed E-state index contributed by atoms with van der Waals surface area (Å²) in [6.07, 6.45) is 0. The molecule has 0 saturated heterocycles. The molecule has 0 unspecified atom stereocenters. The second-order valence-electron chi connectivity index (χ2n) is 4.62. The summed E-state index contributed by atoms with van der Waals surface area (Å²) in [6.45, 7) is 4.95. The van der Waals surface area contributed by atoms with Crippen LogP contribution in [0.2, 0.25) is 0 Å². The highest BCUT2D eigenvalue weighted by Gasteiger charge is 2.06. The van der Waals surface area contributed by atoms with Gasteiger partial charge in [-0.3, -0.25) is 0 Å². The molecule has 100 valence electrons. The molecule has 0 aliphatic heterocycles. The Hall–Kier alpha value is -2.16. The van der Waals surface area contributed by atoms with Gasteiger partial charge in [0.2, 0.25) is 0 Å². The molecule has 0 aromatic heterocycles. The van der Waals surface area contributed by atoms with Gasteiger partial charge >= 0.3 is 0 Å². The van der Waals surface area contributed by atoms with E-state index in [1.165, 1.54) is 16.7 Å². The normalized spacial score (nSPS) is 10.3. The highest BCUT2D eigenvalue weighted by Crippen LogP contribution is 2.25. The monoisotopic (exact) mass is 256 g/mol. The lowest BCUT2D eigenvalue weighted by atomic mass is 10.0. The Morgan fingerprint density at radius 3 is 2.47 bits per heavy atom. The molecule has 0 spiro atoms. The van der Waals surface area contributed by atoms with Gasteiger partial charge in [-0.1, -0.05) is 18.2 Å². The minimum absolute atomic E-state index is 0.755. The maximum absolute atomic E-state index is 5.92. The standard InChI is InChI=1S/C16H20N2O/c1-11-12(2)16(19-3)9-8-13(11)10-18-15-7-5-4-6-14(15)17/h4-9,18H,10,17H2,1-3H3. The second kappa shape index (κ2) is 5.65. The molecule has 3 N–H and O–H groups in total. The van der Waals surface area contributed by atoms with E-state index < -0.39 is 0 Å². The highest BCUT2D eigenvalue weighted by atomic mass is 16.5. The Balaban J connectivity index is 2.17. The zero-order valence-electron chi connectivity index (χ0n) is 11.7. The van der Waals surface area contributed by atoms with Gasteiger partial charge in [0.15, 0.2) is 0 Å². The van der Waals surface area contributed by atoms with Crippen molar-refractivity contribution in [3.05, 3.63) is 53.1 Å². The first-order chi connectivity index (χ1) is 9.13. The Kier molecular flexibility index (Phi) is 3.95. The zero-order chi connectivity index (χ0) is 13.8. The molecule has 0 atom stereocenters. The molecule has 0 bridgehead atoms. The Morgan fingerprint density at radius 2 is 1.79 bits per heavy atom. The molecule has 0 aliphatic carbocycles. The molecule has 2 aromatic carbocycles. The first-order valence-corrected chi connectivity index (χ1v) is 6.35. The fourth-order valence-electron chi connectivity index (χ4n) is 2.11. The van der Waals surface area contributed by atoms with Gasteiger partial charge in [0.25, 0.3) is 0 Å². The summed E-state index contributed by atoms with van der Waals surface area (Å²) in [6, 6.07) is 11.9. The molecular formula is C16H20N2O. The van der Waals surface area contributed by atoms with Crippen LogP contribution in [0.5, 0.6) is 5.75 Å². The summed E-state index contributed by atoms with van der Waals surface area (Å²) >= 11 is 0. The van der Waals surface area contributed by atoms with Crippen molar-refractivity contribution < 1.29 is 4.74 Å². The maximum atomic E-state index is 5.92. The van der Waals surface area contributed by atoms with Crippen molar-refractivity contribution >= 4 is 11.4 Å². The van der Waals surface area contributed by atoms with E-state index in [0.717, 1.165) is 23.7 Å². The molecule has 2 aromatic rings. The van der Waals surface area contributed by atoms with Crippen LogP contribution in [0.3, 0.4) is 0 Å². The number of ether oxygens (including phenoxy) is 1. The topological polar surface area (TPSA) is 47.3 Å². The number of para-hydroxylation sites is 2. The van der Waals surface area contributed by atoms with Crippen molar-refractivity contribution in [1.82, 2.24) is 0 Å². The van der Waals surface area contributed by atoms with Crippen molar-refractivity contribution in [2.45, 2.75) is 20.4 Å². The number of methoxy groups -OCH3 is 1. The smallest absolute Gasteiger partial charge is 0.122 e. The molecule has 0 aliphatic rings. The molecule has 0 amide bonds. The van der Waals surface area contributed by atoms with Crippen molar-refractivity contribution in [1.29, 1.82) is 0 Å². The van der Waals surface area contributed by atoms with E-state index in [2.05, 4.69) is 25.2 Å². The number of hydrogen-bond donors (Lipinski definition) is 2. The van der Waals surface area contributed by atoms with Crippen LogP contribution in [0.25, 0.3) is 0 Å². The fourth-order valence-corrected chi connectivity index (χ4v) is 2.11. The van der Waals surface area contributed by atoms with Crippen LogP contribution < -0.4 is 15.8 Å². The summed E-state index contributed by atoms with van der Waals surface area (Å²) in [5.41, 5.74) is 11.3. The van der Waals surface area contributed by atoms with E-state index in [9.17, 15) is 0 Å². The van der Waals surface area contributed by atoms with Crippen LogP contribution in [0.15, 0.2) is 36.4 Å². The largest absolute Gasteiger partial charge is 0.496 e. The Morgan fingerprint density at radius 1 is 1.05 bits per heavy atom. The third-order valence-electron chi connectivity index (χ3n) is 3.50. The molecule has 0 fully saturated rings. The second-order valence-corrected chi connectivity index (χ2v) is 4.62. The van der Waals surface area contributed by atoms with Gasteiger partial charge in [-0.05, 0) is 48.7 Å². The summed E-state index contributed by atoms with van der Waals surface area (Å²) < 4.78 is 5.32. The minimum atomic E-state index is 0.755. The third kappa shape index (κ3) is 2.81. The first-order valence-electron chi connectivity index (χ1n) is 6.35. The number of nitrogen functional groups attached to an aromatic ring is 1. The lowest BCUT2D eigenvalue weighted by Crippen LogP contribution is -2.05. The predicted molar refractivity (Wildman–Crippen MR) is 80.6 cm³/mol. The van der Waals surface area contributed by atoms with Crippen molar-refractivity contribution in [3.8, 4) is 5.75 Å². The van der Waals surface area contributed by atoms with E-state index in [0.29, 0.717) is 0 Å². The van der Waals surface area contributed by atoms with Gasteiger partial charge in [-0.25, -0.2) is 0 Å². The molecule has 3 nitrogen and oxygen atoms in total. The lowest BCUT2D eigenvalue weighted by Gasteiger charge is -2.14. The van der Waals surface area contributed by atoms with E-state index >= 15 is 0 Å². The van der Waals surface area contributed by atoms with E-state index in [1.54, 1.807) is 7.11 Å². The number of hydrogen-bond acceptors (Lipinski definition) is 3. The lowest BCUT2D eigenvalue weighted by molar-refractivity contribution is 0.411. The molecule has 19 heavy (non-hydrogen) atoms. The summed E-state index contributed by atoms with van der Waals surface area (Å²) in [5.74, 6) is 0.931. The van der Waals surface area contributed by atoms with E-state index in [-0.39, 0.29) is 0 Å². The van der Waals surface area contributed by atoms with Crippen LogP contribution in [-0.2, 0) is 6.54 Å². The van der Waals surface area contributed by atoms with Crippen LogP contribution in [-0.4, -0.2) is 7.11 Å². The summed E-state index contributed by atoms with van der Waals surface area (Å²) in [4.78, 5) is 0. The molecule has 0 saturated carbocycles. The SMILES string of the molecule is COc1ccc(CNc2ccccc2N)c(C)c1C. The zero-order valence-corrected chi connectivity index (χ0v) is 11.7. The van der Waals surface area contributed by atoms with Crippen LogP contribution in [0.4, 0.5) is 11.4 Å². The van der Waals surface area contributed by atoms with Gasteiger partial charge in [0, 0.05) is 6.54 Å². The number of nitrogens with two attached hydrogens (primary N) is 1. The molecule has 3 heteroatoms. The fraction of sp³-hybridized carbons (Fsp3) is 0.250. The number of benzene rings is 2. The Labute approximate surface area is 114 Å². The van der Waals surface area contributed by atoms with Crippen LogP contribution in [0, 0.1) is 13.8 Å². The van der Waals surface area contributed by atoms with Crippen LogP contribution >= 0.6 is 0 Å². The van der Waals surface area contributed by atoms with Gasteiger partial charge in [0.05, 0.1) is 18.5 Å². The van der Waals surface area contributed by atoms with E-state index in [1.807, 2.05) is 30.3 Å². The first kappa shape index (κ1) is 13.3. The number of nitrogens with one attached hydrogen (secondary N) is 1. The summed E-state index contributed by atoms with van der Waals surface area (Å²) in [5, 5.41) is 3.37. The van der Waals surface area contributed by atoms with Gasteiger partial charge in [-0.15, -0.1) is 0 Å². The van der Waals surface area contributed by atoms with Gasteiger partial charge < -0.3 is 15.8 Å². The average Bonchev–Trinajstić information content (AvgIpc) is 2.42. The van der Waals surface area contributed by atoms with Gasteiger partial charge in [0.1, 0.15) is 5.75 Å². The number of rotatable bonds is 4. The maximum Gasteiger partial charge on any atom is 0.122 e. The van der Waals surface area contributed by atoms with Crippen molar-refractivity contribution in [2.24, 2.45) is 0 Å². The molecular weight excluding hydrogens is 236 g/mol. The van der Waals surface area contributed by atoms with Crippen molar-refractivity contribution in [3.63, 3.8) is 0 Å². The highest BCUT2D eigenvalue weighted by molar-refractivity contribution is 5.65. The van der Waals surface area contributed by atoms with Gasteiger partial charge in [-0.2, -0.15) is 0 Å². The number of anilines is 2. The third-order valence-corrected chi connectivity index (χ3v) is 3.50. The van der Waals surface area contributed by atoms with Crippen LogP contribution in [0.1, 0.15) is 16.7 Å². The molecule has 0 radical (unpaired) electrons. The Bertz CT molecular complexity index is 579. The predicted octanol–water partition coefficient (Wildman–Crippen LogP) is 3.51. The minimum Gasteiger partial charge on any atom is -0.496 e. The van der Waals surface area contributed by atoms with E-state index in [4.69, 9.17) is 10.5 Å².